The zero-order valence-corrected chi connectivity index (χ0v) is 14.1. The lowest BCUT2D eigenvalue weighted by molar-refractivity contribution is 0.164. The van der Waals surface area contributed by atoms with Gasteiger partial charge in [0.25, 0.3) is 0 Å². The van der Waals surface area contributed by atoms with Gasteiger partial charge in [-0.2, -0.15) is 0 Å². The molecule has 21 heavy (non-hydrogen) atoms. The first-order valence-corrected chi connectivity index (χ1v) is 8.25. The van der Waals surface area contributed by atoms with Crippen molar-refractivity contribution in [2.75, 3.05) is 26.7 Å². The van der Waals surface area contributed by atoms with Crippen LogP contribution in [0.3, 0.4) is 0 Å². The Hall–Kier alpha value is -0.770. The summed E-state index contributed by atoms with van der Waals surface area (Å²) in [5.41, 5.74) is 1.25. The van der Waals surface area contributed by atoms with Crippen LogP contribution in [0.25, 0.3) is 0 Å². The summed E-state index contributed by atoms with van der Waals surface area (Å²) >= 11 is 6.23. The Kier molecular flexibility index (Phi) is 6.34. The molecule has 0 bridgehead atoms. The maximum absolute atomic E-state index is 6.23. The number of piperidine rings is 1. The number of hydrogen-bond donors (Lipinski definition) is 1. The van der Waals surface area contributed by atoms with Gasteiger partial charge < -0.3 is 10.1 Å². The minimum Gasteiger partial charge on any atom is -0.495 e. The second-order valence-electron chi connectivity index (χ2n) is 6.20. The second kappa shape index (κ2) is 8.02. The molecule has 1 fully saturated rings. The smallest absolute Gasteiger partial charge is 0.137 e. The van der Waals surface area contributed by atoms with Crippen molar-refractivity contribution in [2.24, 2.45) is 5.92 Å². The Balaban J connectivity index is 2.00. The average Bonchev–Trinajstić information content (AvgIpc) is 2.48. The predicted molar refractivity (Wildman–Crippen MR) is 89.1 cm³/mol. The third-order valence-corrected chi connectivity index (χ3v) is 4.52. The van der Waals surface area contributed by atoms with E-state index in [1.54, 1.807) is 7.11 Å². The number of benzene rings is 1. The van der Waals surface area contributed by atoms with E-state index in [-0.39, 0.29) is 0 Å². The van der Waals surface area contributed by atoms with Crippen molar-refractivity contribution in [3.8, 4) is 5.75 Å². The molecule has 0 radical (unpaired) electrons. The van der Waals surface area contributed by atoms with Gasteiger partial charge in [-0.25, -0.2) is 0 Å². The van der Waals surface area contributed by atoms with E-state index < -0.39 is 0 Å². The zero-order valence-electron chi connectivity index (χ0n) is 13.4. The second-order valence-corrected chi connectivity index (χ2v) is 6.61. The van der Waals surface area contributed by atoms with E-state index in [1.807, 2.05) is 12.1 Å². The van der Waals surface area contributed by atoms with Crippen LogP contribution in [0, 0.1) is 5.92 Å². The van der Waals surface area contributed by atoms with Gasteiger partial charge in [0.1, 0.15) is 5.75 Å². The minimum absolute atomic E-state index is 0.535. The van der Waals surface area contributed by atoms with Crippen molar-refractivity contribution >= 4 is 11.6 Å². The van der Waals surface area contributed by atoms with Crippen LogP contribution in [-0.4, -0.2) is 37.7 Å². The van der Waals surface area contributed by atoms with Crippen LogP contribution in [0.1, 0.15) is 32.3 Å². The summed E-state index contributed by atoms with van der Waals surface area (Å²) in [6.45, 7) is 8.94. The van der Waals surface area contributed by atoms with E-state index in [1.165, 1.54) is 24.9 Å². The van der Waals surface area contributed by atoms with Crippen molar-refractivity contribution in [1.82, 2.24) is 10.2 Å². The van der Waals surface area contributed by atoms with Crippen molar-refractivity contribution in [3.05, 3.63) is 28.8 Å². The molecule has 3 nitrogen and oxygen atoms in total. The highest BCUT2D eigenvalue weighted by molar-refractivity contribution is 6.32. The first kappa shape index (κ1) is 16.6. The largest absolute Gasteiger partial charge is 0.495 e. The molecule has 118 valence electrons. The molecular formula is C17H27ClN2O. The SMILES string of the molecule is COc1ccc(CN(CC2CCCNC2)C(C)C)cc1Cl. The molecule has 0 spiro atoms. The summed E-state index contributed by atoms with van der Waals surface area (Å²) in [4.78, 5) is 2.54. The summed E-state index contributed by atoms with van der Waals surface area (Å²) in [6.07, 6.45) is 2.63. The molecule has 2 rings (SSSR count). The van der Waals surface area contributed by atoms with Crippen LogP contribution >= 0.6 is 11.6 Å². The Morgan fingerprint density at radius 2 is 2.24 bits per heavy atom. The summed E-state index contributed by atoms with van der Waals surface area (Å²) in [5.74, 6) is 1.50. The fourth-order valence-corrected chi connectivity index (χ4v) is 3.19. The highest BCUT2D eigenvalue weighted by atomic mass is 35.5. The van der Waals surface area contributed by atoms with Gasteiger partial charge >= 0.3 is 0 Å². The van der Waals surface area contributed by atoms with Gasteiger partial charge in [0.2, 0.25) is 0 Å². The molecule has 0 amide bonds. The molecule has 1 aliphatic rings. The molecular weight excluding hydrogens is 284 g/mol. The molecule has 1 aliphatic heterocycles. The minimum atomic E-state index is 0.535. The van der Waals surface area contributed by atoms with E-state index in [4.69, 9.17) is 16.3 Å². The molecule has 0 saturated carbocycles. The third-order valence-electron chi connectivity index (χ3n) is 4.22. The number of hydrogen-bond acceptors (Lipinski definition) is 3. The summed E-state index contributed by atoms with van der Waals surface area (Å²) in [6, 6.07) is 6.62. The molecule has 1 heterocycles. The summed E-state index contributed by atoms with van der Waals surface area (Å²) < 4.78 is 5.22. The maximum Gasteiger partial charge on any atom is 0.137 e. The monoisotopic (exact) mass is 310 g/mol. The molecule has 1 atom stereocenters. The Morgan fingerprint density at radius 1 is 1.43 bits per heavy atom. The summed E-state index contributed by atoms with van der Waals surface area (Å²) in [7, 11) is 1.65. The number of nitrogens with zero attached hydrogens (tertiary/aromatic N) is 1. The van der Waals surface area contributed by atoms with Crippen molar-refractivity contribution in [2.45, 2.75) is 39.3 Å². The van der Waals surface area contributed by atoms with Gasteiger partial charge in [0, 0.05) is 19.1 Å². The molecule has 1 unspecified atom stereocenters. The van der Waals surface area contributed by atoms with Crippen LogP contribution < -0.4 is 10.1 Å². The van der Waals surface area contributed by atoms with Crippen LogP contribution in [0.2, 0.25) is 5.02 Å². The van der Waals surface area contributed by atoms with Gasteiger partial charge in [-0.15, -0.1) is 0 Å². The number of rotatable bonds is 6. The lowest BCUT2D eigenvalue weighted by Crippen LogP contribution is -2.40. The fraction of sp³-hybridized carbons (Fsp3) is 0.647. The standard InChI is InChI=1S/C17H27ClN2O/c1-13(2)20(12-15-5-4-8-19-10-15)11-14-6-7-17(21-3)16(18)9-14/h6-7,9,13,15,19H,4-5,8,10-12H2,1-3H3. The van der Waals surface area contributed by atoms with Gasteiger partial charge in [-0.1, -0.05) is 17.7 Å². The van der Waals surface area contributed by atoms with Gasteiger partial charge in [0.05, 0.1) is 12.1 Å². The van der Waals surface area contributed by atoms with Crippen LogP contribution in [0.5, 0.6) is 5.75 Å². The lowest BCUT2D eigenvalue weighted by atomic mass is 9.98. The maximum atomic E-state index is 6.23. The Morgan fingerprint density at radius 3 is 2.81 bits per heavy atom. The normalized spacial score (nSPS) is 19.2. The molecule has 0 aliphatic carbocycles. The highest BCUT2D eigenvalue weighted by Crippen LogP contribution is 2.26. The molecule has 1 saturated heterocycles. The number of halogens is 1. The number of ether oxygens (including phenoxy) is 1. The highest BCUT2D eigenvalue weighted by Gasteiger charge is 2.19. The Labute approximate surface area is 133 Å². The molecule has 4 heteroatoms. The van der Waals surface area contributed by atoms with Crippen molar-refractivity contribution in [1.29, 1.82) is 0 Å². The topological polar surface area (TPSA) is 24.5 Å². The van der Waals surface area contributed by atoms with Crippen molar-refractivity contribution in [3.63, 3.8) is 0 Å². The Bertz CT molecular complexity index is 444. The van der Waals surface area contributed by atoms with Crippen LogP contribution in [-0.2, 0) is 6.54 Å². The molecule has 1 aromatic carbocycles. The van der Waals surface area contributed by atoms with Gasteiger partial charge in [0.15, 0.2) is 0 Å². The molecule has 1 N–H and O–H groups in total. The van der Waals surface area contributed by atoms with E-state index in [0.29, 0.717) is 11.1 Å². The summed E-state index contributed by atoms with van der Waals surface area (Å²) in [5, 5.41) is 4.20. The van der Waals surface area contributed by atoms with E-state index in [9.17, 15) is 0 Å². The predicted octanol–water partition coefficient (Wildman–Crippen LogP) is 3.56. The van der Waals surface area contributed by atoms with E-state index >= 15 is 0 Å². The van der Waals surface area contributed by atoms with Crippen LogP contribution in [0.15, 0.2) is 18.2 Å². The molecule has 1 aromatic rings. The molecule has 0 aromatic heterocycles. The first-order valence-electron chi connectivity index (χ1n) is 7.87. The fourth-order valence-electron chi connectivity index (χ4n) is 2.91. The number of nitrogens with one attached hydrogen (secondary N) is 1. The van der Waals surface area contributed by atoms with Gasteiger partial charge in [-0.05, 0) is 63.4 Å². The zero-order chi connectivity index (χ0) is 15.2. The van der Waals surface area contributed by atoms with Crippen LogP contribution in [0.4, 0.5) is 0 Å². The first-order chi connectivity index (χ1) is 10.1. The third kappa shape index (κ3) is 4.87. The number of methoxy groups -OCH3 is 1. The van der Waals surface area contributed by atoms with E-state index in [0.717, 1.165) is 31.3 Å². The van der Waals surface area contributed by atoms with Gasteiger partial charge in [-0.3, -0.25) is 4.90 Å². The van der Waals surface area contributed by atoms with E-state index in [2.05, 4.69) is 30.1 Å². The average molecular weight is 311 g/mol. The van der Waals surface area contributed by atoms with Crippen molar-refractivity contribution < 1.29 is 4.74 Å². The quantitative estimate of drug-likeness (QED) is 0.869. The lowest BCUT2D eigenvalue weighted by Gasteiger charge is -2.33.